The number of rotatable bonds is 5. The molecule has 0 aliphatic heterocycles. The lowest BCUT2D eigenvalue weighted by Gasteiger charge is -2.10. The Kier molecular flexibility index (Phi) is 5.73. The first-order valence-corrected chi connectivity index (χ1v) is 5.82. The fourth-order valence-corrected chi connectivity index (χ4v) is 1.53. The average molecular weight is 263 g/mol. The van der Waals surface area contributed by atoms with Gasteiger partial charge in [-0.1, -0.05) is 30.3 Å². The zero-order valence-corrected chi connectivity index (χ0v) is 11.3. The first-order valence-electron chi connectivity index (χ1n) is 5.82. The average Bonchev–Trinajstić information content (AvgIpc) is 2.47. The van der Waals surface area contributed by atoms with Gasteiger partial charge in [0, 0.05) is 5.71 Å². The maximum Gasteiger partial charge on any atom is 0.321 e. The molecule has 0 aliphatic rings. The molecule has 0 saturated carbocycles. The van der Waals surface area contributed by atoms with Gasteiger partial charge in [-0.3, -0.25) is 14.6 Å². The van der Waals surface area contributed by atoms with Crippen molar-refractivity contribution in [2.24, 2.45) is 10.9 Å². The summed E-state index contributed by atoms with van der Waals surface area (Å²) >= 11 is 0. The molecule has 1 aromatic carbocycles. The lowest BCUT2D eigenvalue weighted by Crippen LogP contribution is -2.29. The lowest BCUT2D eigenvalue weighted by atomic mass is 10.1. The third-order valence-electron chi connectivity index (χ3n) is 2.67. The lowest BCUT2D eigenvalue weighted by molar-refractivity contribution is -0.158. The van der Waals surface area contributed by atoms with E-state index in [2.05, 4.69) is 14.5 Å². The van der Waals surface area contributed by atoms with Crippen LogP contribution in [0.5, 0.6) is 0 Å². The van der Waals surface area contributed by atoms with Gasteiger partial charge < -0.3 is 9.47 Å². The Labute approximate surface area is 112 Å². The van der Waals surface area contributed by atoms with Crippen molar-refractivity contribution in [3.63, 3.8) is 0 Å². The van der Waals surface area contributed by atoms with Crippen LogP contribution in [0.1, 0.15) is 12.5 Å². The molecule has 0 unspecified atom stereocenters. The van der Waals surface area contributed by atoms with Crippen LogP contribution in [0, 0.1) is 5.92 Å². The Morgan fingerprint density at radius 1 is 1.11 bits per heavy atom. The van der Waals surface area contributed by atoms with Gasteiger partial charge >= 0.3 is 11.9 Å². The SMILES string of the molecule is COC(=O)C(CN=C(C)c1ccccc1)C(=O)OC. The molecule has 5 heteroatoms. The molecule has 0 spiro atoms. The Morgan fingerprint density at radius 2 is 1.63 bits per heavy atom. The minimum Gasteiger partial charge on any atom is -0.468 e. The number of methoxy groups -OCH3 is 2. The molecule has 1 rings (SSSR count). The Balaban J connectivity index is 2.81. The van der Waals surface area contributed by atoms with E-state index in [1.807, 2.05) is 37.3 Å². The van der Waals surface area contributed by atoms with Gasteiger partial charge in [0.05, 0.1) is 20.8 Å². The summed E-state index contributed by atoms with van der Waals surface area (Å²) in [4.78, 5) is 27.2. The molecule has 0 amide bonds. The second-order valence-electron chi connectivity index (χ2n) is 3.89. The summed E-state index contributed by atoms with van der Waals surface area (Å²) in [5.74, 6) is -2.30. The molecule has 102 valence electrons. The molecular weight excluding hydrogens is 246 g/mol. The van der Waals surface area contributed by atoms with Crippen LogP contribution in [-0.2, 0) is 19.1 Å². The molecule has 0 N–H and O–H groups in total. The van der Waals surface area contributed by atoms with Crippen LogP contribution in [0.25, 0.3) is 0 Å². The molecule has 19 heavy (non-hydrogen) atoms. The summed E-state index contributed by atoms with van der Waals surface area (Å²) in [5.41, 5.74) is 1.69. The van der Waals surface area contributed by atoms with Gasteiger partial charge in [-0.25, -0.2) is 0 Å². The molecule has 1 aromatic rings. The molecular formula is C14H17NO4. The van der Waals surface area contributed by atoms with Gasteiger partial charge in [0.1, 0.15) is 0 Å². The summed E-state index contributed by atoms with van der Waals surface area (Å²) in [5, 5.41) is 0. The second kappa shape index (κ2) is 7.31. The van der Waals surface area contributed by atoms with Crippen LogP contribution >= 0.6 is 0 Å². The van der Waals surface area contributed by atoms with Crippen molar-refractivity contribution in [1.82, 2.24) is 0 Å². The maximum absolute atomic E-state index is 11.5. The molecule has 0 bridgehead atoms. The van der Waals surface area contributed by atoms with Crippen molar-refractivity contribution in [3.05, 3.63) is 35.9 Å². The standard InChI is InChI=1S/C14H17NO4/c1-10(11-7-5-4-6-8-11)15-9-12(13(16)18-2)14(17)19-3/h4-8,12H,9H2,1-3H3. The number of carbonyl (C=O) groups is 2. The van der Waals surface area contributed by atoms with Crippen LogP contribution in [0.15, 0.2) is 35.3 Å². The van der Waals surface area contributed by atoms with E-state index in [0.29, 0.717) is 0 Å². The minimum atomic E-state index is -1.02. The summed E-state index contributed by atoms with van der Waals surface area (Å²) < 4.78 is 9.13. The van der Waals surface area contributed by atoms with Gasteiger partial charge in [0.2, 0.25) is 0 Å². The zero-order valence-electron chi connectivity index (χ0n) is 11.3. The fourth-order valence-electron chi connectivity index (χ4n) is 1.53. The van der Waals surface area contributed by atoms with Crippen LogP contribution in [-0.4, -0.2) is 38.4 Å². The van der Waals surface area contributed by atoms with Crippen LogP contribution < -0.4 is 0 Å². The van der Waals surface area contributed by atoms with Crippen molar-refractivity contribution >= 4 is 17.7 Å². The Morgan fingerprint density at radius 3 is 2.11 bits per heavy atom. The topological polar surface area (TPSA) is 65.0 Å². The second-order valence-corrected chi connectivity index (χ2v) is 3.89. The van der Waals surface area contributed by atoms with E-state index >= 15 is 0 Å². The predicted molar refractivity (Wildman–Crippen MR) is 71.0 cm³/mol. The van der Waals surface area contributed by atoms with Crippen molar-refractivity contribution in [2.75, 3.05) is 20.8 Å². The van der Waals surface area contributed by atoms with E-state index in [1.165, 1.54) is 14.2 Å². The molecule has 5 nitrogen and oxygen atoms in total. The molecule has 0 heterocycles. The van der Waals surface area contributed by atoms with Crippen molar-refractivity contribution in [3.8, 4) is 0 Å². The Hall–Kier alpha value is -2.17. The highest BCUT2D eigenvalue weighted by Gasteiger charge is 2.28. The zero-order chi connectivity index (χ0) is 14.3. The Bertz CT molecular complexity index is 452. The molecule has 0 atom stereocenters. The van der Waals surface area contributed by atoms with E-state index in [4.69, 9.17) is 0 Å². The quantitative estimate of drug-likeness (QED) is 0.458. The van der Waals surface area contributed by atoms with Crippen molar-refractivity contribution < 1.29 is 19.1 Å². The van der Waals surface area contributed by atoms with Gasteiger partial charge in [-0.2, -0.15) is 0 Å². The number of ether oxygens (including phenoxy) is 2. The number of hydrogen-bond acceptors (Lipinski definition) is 5. The van der Waals surface area contributed by atoms with Gasteiger partial charge in [-0.15, -0.1) is 0 Å². The number of nitrogens with zero attached hydrogens (tertiary/aromatic N) is 1. The van der Waals surface area contributed by atoms with E-state index in [-0.39, 0.29) is 6.54 Å². The maximum atomic E-state index is 11.5. The number of benzene rings is 1. The highest BCUT2D eigenvalue weighted by molar-refractivity contribution is 5.99. The van der Waals surface area contributed by atoms with E-state index < -0.39 is 17.9 Å². The molecule has 0 radical (unpaired) electrons. The minimum absolute atomic E-state index is 0.0140. The van der Waals surface area contributed by atoms with Crippen LogP contribution in [0.2, 0.25) is 0 Å². The fraction of sp³-hybridized carbons (Fsp3) is 0.357. The highest BCUT2D eigenvalue weighted by atomic mass is 16.5. The first-order chi connectivity index (χ1) is 9.10. The largest absolute Gasteiger partial charge is 0.468 e. The molecule has 0 aliphatic carbocycles. The van der Waals surface area contributed by atoms with E-state index in [0.717, 1.165) is 11.3 Å². The number of hydrogen-bond donors (Lipinski definition) is 0. The van der Waals surface area contributed by atoms with Crippen molar-refractivity contribution in [1.29, 1.82) is 0 Å². The monoisotopic (exact) mass is 263 g/mol. The summed E-state index contributed by atoms with van der Waals surface area (Å²) in [6.45, 7) is 1.83. The third-order valence-corrected chi connectivity index (χ3v) is 2.67. The van der Waals surface area contributed by atoms with Gasteiger partial charge in [0.15, 0.2) is 5.92 Å². The summed E-state index contributed by atoms with van der Waals surface area (Å²) in [7, 11) is 2.46. The third kappa shape index (κ3) is 4.21. The predicted octanol–water partition coefficient (Wildman–Crippen LogP) is 1.46. The molecule has 0 aromatic heterocycles. The van der Waals surface area contributed by atoms with E-state index in [1.54, 1.807) is 0 Å². The normalized spacial score (nSPS) is 11.3. The van der Waals surface area contributed by atoms with Crippen LogP contribution in [0.3, 0.4) is 0 Å². The van der Waals surface area contributed by atoms with Crippen molar-refractivity contribution in [2.45, 2.75) is 6.92 Å². The molecule has 0 saturated heterocycles. The van der Waals surface area contributed by atoms with Crippen LogP contribution in [0.4, 0.5) is 0 Å². The first kappa shape index (κ1) is 14.9. The van der Waals surface area contributed by atoms with Gasteiger partial charge in [-0.05, 0) is 12.5 Å². The van der Waals surface area contributed by atoms with E-state index in [9.17, 15) is 9.59 Å². The summed E-state index contributed by atoms with van der Waals surface area (Å²) in [6.07, 6.45) is 0. The van der Waals surface area contributed by atoms with Gasteiger partial charge in [0.25, 0.3) is 0 Å². The number of aliphatic imine (C=N–C) groups is 1. The molecule has 0 fully saturated rings. The summed E-state index contributed by atoms with van der Waals surface area (Å²) in [6, 6.07) is 9.51. The number of carbonyl (C=O) groups excluding carboxylic acids is 2. The smallest absolute Gasteiger partial charge is 0.321 e. The highest BCUT2D eigenvalue weighted by Crippen LogP contribution is 2.06. The number of esters is 2.